The van der Waals surface area contributed by atoms with Gasteiger partial charge in [0.15, 0.2) is 5.78 Å². The van der Waals surface area contributed by atoms with Crippen molar-refractivity contribution in [2.24, 2.45) is 5.92 Å². The minimum absolute atomic E-state index is 0.00999. The Balaban J connectivity index is 1.75. The molecule has 4 heteroatoms. The molecule has 0 aromatic heterocycles. The molecule has 136 valence electrons. The molecule has 1 aromatic carbocycles. The molecule has 2 fully saturated rings. The number of nitrogens with zero attached hydrogens (tertiary/aromatic N) is 1. The molecule has 2 heterocycles. The Bertz CT molecular complexity index is 647. The van der Waals surface area contributed by atoms with E-state index < -0.39 is 5.60 Å². The Labute approximate surface area is 150 Å². The van der Waals surface area contributed by atoms with E-state index in [1.54, 1.807) is 0 Å². The molecule has 0 aliphatic carbocycles. The van der Waals surface area contributed by atoms with Crippen molar-refractivity contribution in [2.75, 3.05) is 0 Å². The SMILES string of the molecule is Cc1cccc(C(=O)C2CC3CCCC(C2)N3C(=O)OC(C)(C)C)c1. The third-order valence-electron chi connectivity index (χ3n) is 5.25. The van der Waals surface area contributed by atoms with Crippen molar-refractivity contribution < 1.29 is 14.3 Å². The number of hydrogen-bond acceptors (Lipinski definition) is 3. The quantitative estimate of drug-likeness (QED) is 0.728. The smallest absolute Gasteiger partial charge is 0.410 e. The molecule has 0 saturated carbocycles. The molecule has 0 N–H and O–H groups in total. The van der Waals surface area contributed by atoms with Crippen molar-refractivity contribution in [3.8, 4) is 0 Å². The highest BCUT2D eigenvalue weighted by atomic mass is 16.6. The maximum Gasteiger partial charge on any atom is 0.410 e. The summed E-state index contributed by atoms with van der Waals surface area (Å²) in [4.78, 5) is 27.5. The molecule has 2 aliphatic heterocycles. The molecule has 0 radical (unpaired) electrons. The van der Waals surface area contributed by atoms with Gasteiger partial charge in [0.2, 0.25) is 0 Å². The molecule has 1 aromatic rings. The van der Waals surface area contributed by atoms with Gasteiger partial charge in [0.1, 0.15) is 5.60 Å². The van der Waals surface area contributed by atoms with Gasteiger partial charge in [-0.1, -0.05) is 23.8 Å². The van der Waals surface area contributed by atoms with Crippen LogP contribution < -0.4 is 0 Å². The first-order valence-corrected chi connectivity index (χ1v) is 9.37. The lowest BCUT2D eigenvalue weighted by Crippen LogP contribution is -2.56. The van der Waals surface area contributed by atoms with Crippen LogP contribution in [-0.2, 0) is 4.74 Å². The molecule has 2 atom stereocenters. The molecule has 4 nitrogen and oxygen atoms in total. The number of ketones is 1. The Hall–Kier alpha value is -1.84. The fraction of sp³-hybridized carbons (Fsp3) is 0.619. The number of amides is 1. The van der Waals surface area contributed by atoms with E-state index in [0.29, 0.717) is 0 Å². The topological polar surface area (TPSA) is 46.6 Å². The predicted molar refractivity (Wildman–Crippen MR) is 97.7 cm³/mol. The number of carbonyl (C=O) groups excluding carboxylic acids is 2. The molecular weight excluding hydrogens is 314 g/mol. The predicted octanol–water partition coefficient (Wildman–Crippen LogP) is 4.75. The maximum absolute atomic E-state index is 13.0. The second kappa shape index (κ2) is 6.81. The molecule has 2 unspecified atom stereocenters. The highest BCUT2D eigenvalue weighted by Gasteiger charge is 2.44. The third kappa shape index (κ3) is 4.05. The van der Waals surface area contributed by atoms with Crippen molar-refractivity contribution >= 4 is 11.9 Å². The van der Waals surface area contributed by atoms with Crippen LogP contribution in [-0.4, -0.2) is 34.5 Å². The van der Waals surface area contributed by atoms with Crippen LogP contribution in [0.5, 0.6) is 0 Å². The summed E-state index contributed by atoms with van der Waals surface area (Å²) in [5.74, 6) is 0.236. The number of aryl methyl sites for hydroxylation is 1. The summed E-state index contributed by atoms with van der Waals surface area (Å²) in [5, 5.41) is 0. The molecule has 3 rings (SSSR count). The number of hydrogen-bond donors (Lipinski definition) is 0. The average molecular weight is 343 g/mol. The van der Waals surface area contributed by atoms with Crippen molar-refractivity contribution in [1.82, 2.24) is 4.90 Å². The van der Waals surface area contributed by atoms with Crippen LogP contribution in [0.1, 0.15) is 68.8 Å². The number of carbonyl (C=O) groups is 2. The summed E-state index contributed by atoms with van der Waals surface area (Å²) in [6.45, 7) is 7.70. The van der Waals surface area contributed by atoms with E-state index >= 15 is 0 Å². The minimum Gasteiger partial charge on any atom is -0.444 e. The van der Waals surface area contributed by atoms with E-state index in [1.807, 2.05) is 56.9 Å². The molecule has 1 amide bonds. The zero-order valence-corrected chi connectivity index (χ0v) is 15.7. The highest BCUT2D eigenvalue weighted by molar-refractivity contribution is 5.98. The zero-order chi connectivity index (χ0) is 18.2. The Morgan fingerprint density at radius 3 is 2.32 bits per heavy atom. The molecule has 25 heavy (non-hydrogen) atoms. The van der Waals surface area contributed by atoms with Gasteiger partial charge in [-0.3, -0.25) is 4.79 Å². The van der Waals surface area contributed by atoms with E-state index in [-0.39, 0.29) is 29.9 Å². The van der Waals surface area contributed by atoms with Crippen molar-refractivity contribution in [1.29, 1.82) is 0 Å². The lowest BCUT2D eigenvalue weighted by Gasteiger charge is -2.48. The van der Waals surface area contributed by atoms with Crippen LogP contribution in [0.4, 0.5) is 4.79 Å². The number of fused-ring (bicyclic) bond motifs is 2. The van der Waals surface area contributed by atoms with E-state index in [9.17, 15) is 9.59 Å². The largest absolute Gasteiger partial charge is 0.444 e. The van der Waals surface area contributed by atoms with Gasteiger partial charge in [-0.2, -0.15) is 0 Å². The van der Waals surface area contributed by atoms with Gasteiger partial charge < -0.3 is 9.64 Å². The first-order chi connectivity index (χ1) is 11.7. The Morgan fingerprint density at radius 1 is 1.12 bits per heavy atom. The van der Waals surface area contributed by atoms with Crippen LogP contribution in [0.15, 0.2) is 24.3 Å². The molecular formula is C21H29NO3. The normalized spacial score (nSPS) is 26.2. The minimum atomic E-state index is -0.486. The molecule has 2 aliphatic rings. The van der Waals surface area contributed by atoms with Gasteiger partial charge in [-0.15, -0.1) is 0 Å². The van der Waals surface area contributed by atoms with Crippen LogP contribution >= 0.6 is 0 Å². The molecule has 2 bridgehead atoms. The summed E-state index contributed by atoms with van der Waals surface area (Å²) >= 11 is 0. The number of rotatable bonds is 2. The van der Waals surface area contributed by atoms with E-state index in [0.717, 1.165) is 43.2 Å². The van der Waals surface area contributed by atoms with Crippen LogP contribution in [0.25, 0.3) is 0 Å². The van der Waals surface area contributed by atoms with Gasteiger partial charge in [0.25, 0.3) is 0 Å². The van der Waals surface area contributed by atoms with E-state index in [4.69, 9.17) is 4.74 Å². The second-order valence-electron chi connectivity index (χ2n) is 8.53. The van der Waals surface area contributed by atoms with Gasteiger partial charge in [0.05, 0.1) is 0 Å². The molecule has 0 spiro atoms. The molecule has 2 saturated heterocycles. The van der Waals surface area contributed by atoms with Crippen molar-refractivity contribution in [3.63, 3.8) is 0 Å². The Morgan fingerprint density at radius 2 is 1.76 bits per heavy atom. The van der Waals surface area contributed by atoms with Gasteiger partial charge in [-0.25, -0.2) is 4.79 Å². The monoisotopic (exact) mass is 343 g/mol. The van der Waals surface area contributed by atoms with Crippen LogP contribution in [0, 0.1) is 12.8 Å². The summed E-state index contributed by atoms with van der Waals surface area (Å²) in [5.41, 5.74) is 1.42. The van der Waals surface area contributed by atoms with Gasteiger partial charge >= 0.3 is 6.09 Å². The van der Waals surface area contributed by atoms with E-state index in [1.165, 1.54) is 0 Å². The van der Waals surface area contributed by atoms with Crippen molar-refractivity contribution in [2.45, 2.75) is 77.5 Å². The average Bonchev–Trinajstić information content (AvgIpc) is 2.51. The third-order valence-corrected chi connectivity index (χ3v) is 5.25. The number of ether oxygens (including phenoxy) is 1. The lowest BCUT2D eigenvalue weighted by molar-refractivity contribution is -0.0260. The number of benzene rings is 1. The second-order valence-corrected chi connectivity index (χ2v) is 8.53. The van der Waals surface area contributed by atoms with Crippen LogP contribution in [0.2, 0.25) is 0 Å². The number of Topliss-reactive ketones (excluding diaryl/α,β-unsaturated/α-hetero) is 1. The fourth-order valence-corrected chi connectivity index (χ4v) is 4.24. The summed E-state index contributed by atoms with van der Waals surface area (Å²) < 4.78 is 5.61. The lowest BCUT2D eigenvalue weighted by atomic mass is 9.76. The highest BCUT2D eigenvalue weighted by Crippen LogP contribution is 2.39. The standard InChI is InChI=1S/C21H29NO3/c1-14-7-5-8-15(11-14)19(23)16-12-17-9-6-10-18(13-16)22(17)20(24)25-21(2,3)4/h5,7-8,11,16-18H,6,9-10,12-13H2,1-4H3. The van der Waals surface area contributed by atoms with E-state index in [2.05, 4.69) is 0 Å². The number of piperidine rings is 2. The van der Waals surface area contributed by atoms with Gasteiger partial charge in [-0.05, 0) is 65.9 Å². The Kier molecular flexibility index (Phi) is 4.90. The van der Waals surface area contributed by atoms with Crippen LogP contribution in [0.3, 0.4) is 0 Å². The van der Waals surface area contributed by atoms with Gasteiger partial charge in [0, 0.05) is 23.6 Å². The van der Waals surface area contributed by atoms with Crippen molar-refractivity contribution in [3.05, 3.63) is 35.4 Å². The fourth-order valence-electron chi connectivity index (χ4n) is 4.24. The first-order valence-electron chi connectivity index (χ1n) is 9.37. The first kappa shape index (κ1) is 18.0. The summed E-state index contributed by atoms with van der Waals surface area (Å²) in [6.07, 6.45) is 4.34. The maximum atomic E-state index is 13.0. The summed E-state index contributed by atoms with van der Waals surface area (Å²) in [6, 6.07) is 8.08. The zero-order valence-electron chi connectivity index (χ0n) is 15.7. The summed E-state index contributed by atoms with van der Waals surface area (Å²) in [7, 11) is 0.